The standard InChI is InChI=1S/C18H20N4O5/c23-17(24)8-3-13-2-1-10-20(12-13)18(25)16-9-11-21(19-16)14-4-6-15(7-5-14)22(26)27/h4-7,9,11,13H,1-3,8,10,12H2,(H,23,24). The summed E-state index contributed by atoms with van der Waals surface area (Å²) in [5.74, 6) is -0.813. The molecular weight excluding hydrogens is 352 g/mol. The number of aliphatic carboxylic acids is 1. The van der Waals surface area contributed by atoms with Gasteiger partial charge in [0.1, 0.15) is 0 Å². The number of carboxylic acids is 1. The lowest BCUT2D eigenvalue weighted by Gasteiger charge is -2.32. The van der Waals surface area contributed by atoms with Crippen LogP contribution in [0.1, 0.15) is 36.2 Å². The Hall–Kier alpha value is -3.23. The molecule has 1 atom stereocenters. The van der Waals surface area contributed by atoms with Crippen LogP contribution >= 0.6 is 0 Å². The maximum atomic E-state index is 12.7. The van der Waals surface area contributed by atoms with Crippen LogP contribution in [-0.4, -0.2) is 49.7 Å². The van der Waals surface area contributed by atoms with Crippen molar-refractivity contribution in [1.29, 1.82) is 0 Å². The van der Waals surface area contributed by atoms with Gasteiger partial charge in [0.2, 0.25) is 0 Å². The van der Waals surface area contributed by atoms with Gasteiger partial charge in [0.25, 0.3) is 11.6 Å². The van der Waals surface area contributed by atoms with E-state index in [-0.39, 0.29) is 23.9 Å². The minimum absolute atomic E-state index is 0.0112. The minimum atomic E-state index is -0.819. The summed E-state index contributed by atoms with van der Waals surface area (Å²) in [6.45, 7) is 1.17. The molecule has 1 aliphatic heterocycles. The molecule has 0 radical (unpaired) electrons. The molecule has 1 N–H and O–H groups in total. The van der Waals surface area contributed by atoms with Gasteiger partial charge in [-0.05, 0) is 43.4 Å². The summed E-state index contributed by atoms with van der Waals surface area (Å²) in [5.41, 5.74) is 0.910. The van der Waals surface area contributed by atoms with Gasteiger partial charge < -0.3 is 10.0 Å². The van der Waals surface area contributed by atoms with Gasteiger partial charge in [0.05, 0.1) is 10.6 Å². The van der Waals surface area contributed by atoms with Gasteiger partial charge in [-0.2, -0.15) is 5.10 Å². The van der Waals surface area contributed by atoms with E-state index in [4.69, 9.17) is 5.11 Å². The number of carbonyl (C=O) groups excluding carboxylic acids is 1. The largest absolute Gasteiger partial charge is 0.481 e. The van der Waals surface area contributed by atoms with E-state index in [1.807, 2.05) is 0 Å². The molecule has 142 valence electrons. The molecule has 1 aromatic heterocycles. The highest BCUT2D eigenvalue weighted by atomic mass is 16.6. The summed E-state index contributed by atoms with van der Waals surface area (Å²) in [7, 11) is 0. The van der Waals surface area contributed by atoms with Crippen LogP contribution in [0.25, 0.3) is 5.69 Å². The zero-order valence-electron chi connectivity index (χ0n) is 14.7. The van der Waals surface area contributed by atoms with Crippen molar-refractivity contribution in [1.82, 2.24) is 14.7 Å². The predicted molar refractivity (Wildman–Crippen MR) is 95.7 cm³/mol. The molecule has 1 amide bonds. The third kappa shape index (κ3) is 4.49. The molecule has 0 spiro atoms. The molecule has 9 heteroatoms. The van der Waals surface area contributed by atoms with Crippen molar-refractivity contribution in [3.8, 4) is 5.69 Å². The first-order chi connectivity index (χ1) is 12.9. The summed E-state index contributed by atoms with van der Waals surface area (Å²) in [6, 6.07) is 7.53. The lowest BCUT2D eigenvalue weighted by molar-refractivity contribution is -0.384. The highest BCUT2D eigenvalue weighted by Gasteiger charge is 2.26. The molecule has 0 aliphatic carbocycles. The van der Waals surface area contributed by atoms with Crippen LogP contribution in [0.4, 0.5) is 5.69 Å². The molecule has 1 fully saturated rings. The SMILES string of the molecule is O=C(O)CCC1CCCN(C(=O)c2ccn(-c3ccc([N+](=O)[O-])cc3)n2)C1. The van der Waals surface area contributed by atoms with Gasteiger partial charge >= 0.3 is 5.97 Å². The molecular formula is C18H20N4O5. The van der Waals surface area contributed by atoms with Gasteiger partial charge in [-0.1, -0.05) is 0 Å². The number of nitro groups is 1. The number of carboxylic acid groups (broad SMARTS) is 1. The average molecular weight is 372 g/mol. The molecule has 27 heavy (non-hydrogen) atoms. The first kappa shape index (κ1) is 18.6. The van der Waals surface area contributed by atoms with Crippen molar-refractivity contribution in [3.63, 3.8) is 0 Å². The molecule has 3 rings (SSSR count). The Labute approximate surface area is 155 Å². The third-order valence-electron chi connectivity index (χ3n) is 4.71. The number of nitrogens with zero attached hydrogens (tertiary/aromatic N) is 4. The monoisotopic (exact) mass is 372 g/mol. The molecule has 2 aromatic rings. The topological polar surface area (TPSA) is 119 Å². The number of aromatic nitrogens is 2. The molecule has 1 unspecified atom stereocenters. The van der Waals surface area contributed by atoms with E-state index in [2.05, 4.69) is 5.10 Å². The van der Waals surface area contributed by atoms with E-state index in [1.165, 1.54) is 16.8 Å². The fraction of sp³-hybridized carbons (Fsp3) is 0.389. The van der Waals surface area contributed by atoms with E-state index in [9.17, 15) is 19.7 Å². The van der Waals surface area contributed by atoms with Crippen LogP contribution in [0, 0.1) is 16.0 Å². The Morgan fingerprint density at radius 3 is 2.67 bits per heavy atom. The summed E-state index contributed by atoms with van der Waals surface area (Å²) in [6.07, 6.45) is 4.09. The number of non-ortho nitro benzene ring substituents is 1. The number of benzene rings is 1. The number of hydrogen-bond acceptors (Lipinski definition) is 5. The maximum Gasteiger partial charge on any atom is 0.303 e. The van der Waals surface area contributed by atoms with Crippen molar-refractivity contribution in [3.05, 3.63) is 52.3 Å². The Bertz CT molecular complexity index is 846. The van der Waals surface area contributed by atoms with Crippen molar-refractivity contribution in [2.75, 3.05) is 13.1 Å². The summed E-state index contributed by atoms with van der Waals surface area (Å²) in [4.78, 5) is 35.4. The van der Waals surface area contributed by atoms with Crippen LogP contribution in [0.15, 0.2) is 36.5 Å². The van der Waals surface area contributed by atoms with Crippen LogP contribution in [0.2, 0.25) is 0 Å². The number of nitro benzene ring substituents is 1. The Balaban J connectivity index is 1.67. The van der Waals surface area contributed by atoms with E-state index in [0.717, 1.165) is 12.8 Å². The lowest BCUT2D eigenvalue weighted by Crippen LogP contribution is -2.40. The van der Waals surface area contributed by atoms with Crippen molar-refractivity contribution in [2.45, 2.75) is 25.7 Å². The fourth-order valence-electron chi connectivity index (χ4n) is 3.28. The number of piperidine rings is 1. The highest BCUT2D eigenvalue weighted by Crippen LogP contribution is 2.22. The van der Waals surface area contributed by atoms with Crippen LogP contribution in [-0.2, 0) is 4.79 Å². The van der Waals surface area contributed by atoms with E-state index in [0.29, 0.717) is 30.9 Å². The second-order valence-corrected chi connectivity index (χ2v) is 6.61. The zero-order chi connectivity index (χ0) is 19.4. The Morgan fingerprint density at radius 2 is 2.00 bits per heavy atom. The van der Waals surface area contributed by atoms with Gasteiger partial charge in [0, 0.05) is 37.8 Å². The Morgan fingerprint density at radius 1 is 1.26 bits per heavy atom. The van der Waals surface area contributed by atoms with Crippen molar-refractivity contribution < 1.29 is 19.6 Å². The number of amides is 1. The van der Waals surface area contributed by atoms with Crippen LogP contribution < -0.4 is 0 Å². The molecule has 0 saturated carbocycles. The quantitative estimate of drug-likeness (QED) is 0.615. The number of likely N-dealkylation sites (tertiary alicyclic amines) is 1. The van der Waals surface area contributed by atoms with E-state index >= 15 is 0 Å². The van der Waals surface area contributed by atoms with E-state index in [1.54, 1.807) is 29.3 Å². The molecule has 0 bridgehead atoms. The van der Waals surface area contributed by atoms with Crippen molar-refractivity contribution >= 4 is 17.6 Å². The second kappa shape index (κ2) is 7.98. The minimum Gasteiger partial charge on any atom is -0.481 e. The molecule has 9 nitrogen and oxygen atoms in total. The smallest absolute Gasteiger partial charge is 0.303 e. The van der Waals surface area contributed by atoms with Gasteiger partial charge in [-0.15, -0.1) is 0 Å². The molecule has 2 heterocycles. The van der Waals surface area contributed by atoms with Gasteiger partial charge in [-0.25, -0.2) is 4.68 Å². The highest BCUT2D eigenvalue weighted by molar-refractivity contribution is 5.92. The summed E-state index contributed by atoms with van der Waals surface area (Å²) in [5, 5.41) is 23.8. The van der Waals surface area contributed by atoms with Gasteiger partial charge in [0.15, 0.2) is 5.69 Å². The molecule has 1 saturated heterocycles. The van der Waals surface area contributed by atoms with Crippen molar-refractivity contribution in [2.24, 2.45) is 5.92 Å². The zero-order valence-corrected chi connectivity index (χ0v) is 14.7. The number of rotatable bonds is 6. The fourth-order valence-corrected chi connectivity index (χ4v) is 3.28. The third-order valence-corrected chi connectivity index (χ3v) is 4.71. The molecule has 1 aromatic carbocycles. The van der Waals surface area contributed by atoms with Gasteiger partial charge in [-0.3, -0.25) is 19.7 Å². The second-order valence-electron chi connectivity index (χ2n) is 6.61. The first-order valence-corrected chi connectivity index (χ1v) is 8.75. The number of carbonyl (C=O) groups is 2. The van der Waals surface area contributed by atoms with Crippen LogP contribution in [0.3, 0.4) is 0 Å². The summed E-state index contributed by atoms with van der Waals surface area (Å²) < 4.78 is 1.50. The lowest BCUT2D eigenvalue weighted by atomic mass is 9.93. The molecule has 1 aliphatic rings. The first-order valence-electron chi connectivity index (χ1n) is 8.75. The maximum absolute atomic E-state index is 12.7. The van der Waals surface area contributed by atoms with Crippen LogP contribution in [0.5, 0.6) is 0 Å². The predicted octanol–water partition coefficient (Wildman–Crippen LogP) is 2.50. The summed E-state index contributed by atoms with van der Waals surface area (Å²) >= 11 is 0. The normalized spacial score (nSPS) is 16.9. The number of hydrogen-bond donors (Lipinski definition) is 1. The Kier molecular flexibility index (Phi) is 5.49. The average Bonchev–Trinajstić information content (AvgIpc) is 3.16. The van der Waals surface area contributed by atoms with E-state index < -0.39 is 10.9 Å².